The normalized spacial score (nSPS) is 24.3. The number of aliphatic hydroxyl groups is 2. The van der Waals surface area contributed by atoms with Gasteiger partial charge in [0.15, 0.2) is 0 Å². The lowest BCUT2D eigenvalue weighted by Crippen LogP contribution is -2.49. The second-order valence-corrected chi connectivity index (χ2v) is 9.25. The summed E-state index contributed by atoms with van der Waals surface area (Å²) in [5.74, 6) is -0.406. The number of carbonyl (C=O) groups excluding carboxylic acids is 2. The highest BCUT2D eigenvalue weighted by Crippen LogP contribution is 2.25. The van der Waals surface area contributed by atoms with E-state index in [9.17, 15) is 19.8 Å². The Morgan fingerprint density at radius 2 is 1.57 bits per heavy atom. The number of rotatable bonds is 7. The molecule has 0 unspecified atom stereocenters. The van der Waals surface area contributed by atoms with Gasteiger partial charge in [-0.2, -0.15) is 0 Å². The average molecular weight is 483 g/mol. The molecular formula is C26H34N4O5. The number of hydrogen-bond donors (Lipinski definition) is 3. The van der Waals surface area contributed by atoms with Crippen molar-refractivity contribution in [2.75, 3.05) is 56.6 Å². The number of nitrogens with one attached hydrogen (secondary N) is 1. The number of aliphatic hydroxyl groups excluding tert-OH is 2. The number of nitrogens with zero attached hydrogens (tertiary/aromatic N) is 3. The number of benzene rings is 2. The Labute approximate surface area is 205 Å². The Hall–Kier alpha value is -3.14. The minimum atomic E-state index is -1.19. The molecule has 2 saturated heterocycles. The van der Waals surface area contributed by atoms with E-state index in [1.165, 1.54) is 0 Å². The summed E-state index contributed by atoms with van der Waals surface area (Å²) in [6.45, 7) is 2.68. The number of para-hydroxylation sites is 1. The summed E-state index contributed by atoms with van der Waals surface area (Å²) in [6.07, 6.45) is -3.99. The van der Waals surface area contributed by atoms with Gasteiger partial charge in [-0.3, -0.25) is 9.59 Å². The molecule has 9 heteroatoms. The number of amides is 2. The first-order valence-electron chi connectivity index (χ1n) is 12.0. The zero-order valence-electron chi connectivity index (χ0n) is 20.2. The van der Waals surface area contributed by atoms with Gasteiger partial charge in [-0.25, -0.2) is 0 Å². The van der Waals surface area contributed by atoms with E-state index in [1.54, 1.807) is 17.0 Å². The predicted molar refractivity (Wildman–Crippen MR) is 134 cm³/mol. The second-order valence-electron chi connectivity index (χ2n) is 9.25. The Morgan fingerprint density at radius 3 is 2.20 bits per heavy atom. The first-order chi connectivity index (χ1) is 16.8. The summed E-state index contributed by atoms with van der Waals surface area (Å²) >= 11 is 0. The molecule has 0 aliphatic carbocycles. The minimum absolute atomic E-state index is 0.0139. The molecule has 4 atom stereocenters. The van der Waals surface area contributed by atoms with E-state index >= 15 is 0 Å². The molecule has 2 amide bonds. The molecular weight excluding hydrogens is 448 g/mol. The van der Waals surface area contributed by atoms with Gasteiger partial charge in [-0.05, 0) is 36.4 Å². The van der Waals surface area contributed by atoms with Crippen molar-refractivity contribution in [3.63, 3.8) is 0 Å². The molecule has 2 aromatic carbocycles. The molecule has 0 aromatic heterocycles. The van der Waals surface area contributed by atoms with Crippen LogP contribution in [0.3, 0.4) is 0 Å². The van der Waals surface area contributed by atoms with E-state index in [1.807, 2.05) is 49.3 Å². The smallest absolute Gasteiger partial charge is 0.251 e. The van der Waals surface area contributed by atoms with Crippen LogP contribution in [0.1, 0.15) is 16.8 Å². The average Bonchev–Trinajstić information content (AvgIpc) is 3.15. The van der Waals surface area contributed by atoms with Gasteiger partial charge in [0.25, 0.3) is 5.91 Å². The third-order valence-corrected chi connectivity index (χ3v) is 6.70. The van der Waals surface area contributed by atoms with Crippen molar-refractivity contribution in [2.24, 2.45) is 0 Å². The summed E-state index contributed by atoms with van der Waals surface area (Å²) < 4.78 is 5.80. The molecule has 0 saturated carbocycles. The first-order valence-corrected chi connectivity index (χ1v) is 12.0. The molecule has 2 aliphatic heterocycles. The maximum absolute atomic E-state index is 12.8. The van der Waals surface area contributed by atoms with Crippen molar-refractivity contribution < 1.29 is 24.5 Å². The highest BCUT2D eigenvalue weighted by atomic mass is 16.5. The summed E-state index contributed by atoms with van der Waals surface area (Å²) in [4.78, 5) is 31.3. The Bertz CT molecular complexity index is 993. The Kier molecular flexibility index (Phi) is 7.90. The maximum Gasteiger partial charge on any atom is 0.251 e. The lowest BCUT2D eigenvalue weighted by Gasteiger charge is -2.36. The van der Waals surface area contributed by atoms with Gasteiger partial charge >= 0.3 is 0 Å². The molecule has 4 rings (SSSR count). The van der Waals surface area contributed by atoms with E-state index in [0.29, 0.717) is 18.7 Å². The highest BCUT2D eigenvalue weighted by molar-refractivity contribution is 5.94. The molecule has 0 bridgehead atoms. The molecule has 0 spiro atoms. The molecule has 35 heavy (non-hydrogen) atoms. The molecule has 2 aromatic rings. The first kappa shape index (κ1) is 25.0. The molecule has 9 nitrogen and oxygen atoms in total. The van der Waals surface area contributed by atoms with Crippen molar-refractivity contribution in [1.82, 2.24) is 10.2 Å². The number of hydrogen-bond acceptors (Lipinski definition) is 7. The molecule has 2 fully saturated rings. The zero-order valence-corrected chi connectivity index (χ0v) is 20.2. The number of carbonyl (C=O) groups is 2. The van der Waals surface area contributed by atoms with E-state index in [-0.39, 0.29) is 24.8 Å². The lowest BCUT2D eigenvalue weighted by molar-refractivity contribution is -0.135. The van der Waals surface area contributed by atoms with Crippen molar-refractivity contribution in [3.05, 3.63) is 60.2 Å². The van der Waals surface area contributed by atoms with Crippen LogP contribution >= 0.6 is 0 Å². The maximum atomic E-state index is 12.8. The van der Waals surface area contributed by atoms with Gasteiger partial charge in [0.05, 0.1) is 12.5 Å². The van der Waals surface area contributed by atoms with Gasteiger partial charge in [0, 0.05) is 63.8 Å². The zero-order chi connectivity index (χ0) is 24.9. The summed E-state index contributed by atoms with van der Waals surface area (Å²) in [7, 11) is 3.84. The largest absolute Gasteiger partial charge is 0.388 e. The summed E-state index contributed by atoms with van der Waals surface area (Å²) in [5, 5.41) is 23.6. The van der Waals surface area contributed by atoms with E-state index < -0.39 is 24.4 Å². The van der Waals surface area contributed by atoms with Crippen molar-refractivity contribution in [1.29, 1.82) is 0 Å². The van der Waals surface area contributed by atoms with E-state index in [2.05, 4.69) is 22.3 Å². The monoisotopic (exact) mass is 482 g/mol. The summed E-state index contributed by atoms with van der Waals surface area (Å²) in [5.41, 5.74) is 2.61. The Morgan fingerprint density at radius 1 is 0.943 bits per heavy atom. The third kappa shape index (κ3) is 5.93. The SMILES string of the molecule is CN(C)c1ccc(C(=O)NC[C@H]2O[C@@H](CC(=O)N3CCN(c4ccccc4)CC3)[C@H](O)[C@@H]2O)cc1. The highest BCUT2D eigenvalue weighted by Gasteiger charge is 2.44. The minimum Gasteiger partial charge on any atom is -0.388 e. The molecule has 2 aliphatic rings. The third-order valence-electron chi connectivity index (χ3n) is 6.70. The van der Waals surface area contributed by atoms with E-state index in [0.717, 1.165) is 24.5 Å². The lowest BCUT2D eigenvalue weighted by atomic mass is 10.0. The van der Waals surface area contributed by atoms with Gasteiger partial charge in [0.1, 0.15) is 18.3 Å². The van der Waals surface area contributed by atoms with Gasteiger partial charge in [-0.15, -0.1) is 0 Å². The number of piperazine rings is 1. The van der Waals surface area contributed by atoms with Crippen LogP contribution in [0, 0.1) is 0 Å². The van der Waals surface area contributed by atoms with Crippen LogP contribution in [0.4, 0.5) is 11.4 Å². The van der Waals surface area contributed by atoms with Crippen LogP contribution in [0.2, 0.25) is 0 Å². The number of anilines is 2. The van der Waals surface area contributed by atoms with Crippen LogP contribution in [0.25, 0.3) is 0 Å². The second kappa shape index (κ2) is 11.1. The van der Waals surface area contributed by atoms with E-state index in [4.69, 9.17) is 4.74 Å². The van der Waals surface area contributed by atoms with Crippen LogP contribution in [-0.4, -0.2) is 98.2 Å². The van der Waals surface area contributed by atoms with Crippen LogP contribution in [0.5, 0.6) is 0 Å². The van der Waals surface area contributed by atoms with Crippen LogP contribution in [-0.2, 0) is 9.53 Å². The molecule has 0 radical (unpaired) electrons. The standard InChI is InChI=1S/C26H34N4O5/c1-28(2)19-10-8-18(9-11-19)26(34)27-17-22-25(33)24(32)21(35-22)16-23(31)30-14-12-29(13-15-30)20-6-4-3-5-7-20/h3-11,21-22,24-25,32-33H,12-17H2,1-2H3,(H,27,34)/t21-,22+,24-,25+/m0/s1. The van der Waals surface area contributed by atoms with Gasteiger partial charge in [0.2, 0.25) is 5.91 Å². The van der Waals surface area contributed by atoms with Crippen molar-refractivity contribution in [3.8, 4) is 0 Å². The predicted octanol–water partition coefficient (Wildman–Crippen LogP) is 0.711. The Balaban J connectivity index is 1.25. The topological polar surface area (TPSA) is 106 Å². The molecule has 2 heterocycles. The number of ether oxygens (including phenoxy) is 1. The fourth-order valence-electron chi connectivity index (χ4n) is 4.52. The molecule has 3 N–H and O–H groups in total. The van der Waals surface area contributed by atoms with Gasteiger partial charge in [-0.1, -0.05) is 18.2 Å². The fourth-order valence-corrected chi connectivity index (χ4v) is 4.52. The fraction of sp³-hybridized carbons (Fsp3) is 0.462. The quantitative estimate of drug-likeness (QED) is 0.534. The molecule has 188 valence electrons. The van der Waals surface area contributed by atoms with Crippen molar-refractivity contribution >= 4 is 23.2 Å². The van der Waals surface area contributed by atoms with Crippen LogP contribution in [0.15, 0.2) is 54.6 Å². The van der Waals surface area contributed by atoms with Gasteiger partial charge < -0.3 is 35.0 Å². The summed E-state index contributed by atoms with van der Waals surface area (Å²) in [6, 6.07) is 17.2. The van der Waals surface area contributed by atoms with Crippen LogP contribution < -0.4 is 15.1 Å². The van der Waals surface area contributed by atoms with Crippen molar-refractivity contribution in [2.45, 2.75) is 30.8 Å².